The molecule has 2 aromatic rings. The minimum atomic E-state index is -0.669. The summed E-state index contributed by atoms with van der Waals surface area (Å²) in [5.41, 5.74) is 0.729. The molecule has 1 heterocycles. The monoisotopic (exact) mass is 357 g/mol. The largest absolute Gasteiger partial charge is 0.444 e. The standard InChI is InChI=1S/C14H13BrClNO3/c15-13-5-4-12(20-13)14(19)17-7-6-11(18)9-2-1-3-10(16)8-9/h1-5,8,11,18H,6-7H2,(H,17,19)/t11-/m0/s1. The lowest BCUT2D eigenvalue weighted by molar-refractivity contribution is 0.0914. The van der Waals surface area contributed by atoms with Crippen molar-refractivity contribution in [2.45, 2.75) is 12.5 Å². The molecule has 0 spiro atoms. The normalized spacial score (nSPS) is 12.2. The van der Waals surface area contributed by atoms with E-state index in [1.165, 1.54) is 0 Å². The van der Waals surface area contributed by atoms with Gasteiger partial charge in [0, 0.05) is 11.6 Å². The minimum Gasteiger partial charge on any atom is -0.444 e. The first-order chi connectivity index (χ1) is 9.56. The van der Waals surface area contributed by atoms with Gasteiger partial charge in [0.15, 0.2) is 10.4 Å². The molecular weight excluding hydrogens is 346 g/mol. The molecule has 106 valence electrons. The number of aliphatic hydroxyl groups is 1. The number of hydrogen-bond donors (Lipinski definition) is 2. The molecule has 20 heavy (non-hydrogen) atoms. The first-order valence-electron chi connectivity index (χ1n) is 6.03. The molecule has 2 N–H and O–H groups in total. The zero-order chi connectivity index (χ0) is 14.5. The van der Waals surface area contributed by atoms with Gasteiger partial charge in [-0.2, -0.15) is 0 Å². The molecule has 0 radical (unpaired) electrons. The van der Waals surface area contributed by atoms with Crippen molar-refractivity contribution in [2.75, 3.05) is 6.54 Å². The Morgan fingerprint density at radius 2 is 2.20 bits per heavy atom. The van der Waals surface area contributed by atoms with Gasteiger partial charge in [-0.15, -0.1) is 0 Å². The highest BCUT2D eigenvalue weighted by molar-refractivity contribution is 9.10. The molecule has 4 nitrogen and oxygen atoms in total. The lowest BCUT2D eigenvalue weighted by atomic mass is 10.1. The van der Waals surface area contributed by atoms with E-state index in [0.29, 0.717) is 22.7 Å². The van der Waals surface area contributed by atoms with Crippen LogP contribution < -0.4 is 5.32 Å². The molecule has 0 bridgehead atoms. The average molecular weight is 359 g/mol. The fraction of sp³-hybridized carbons (Fsp3) is 0.214. The lowest BCUT2D eigenvalue weighted by Gasteiger charge is -2.11. The number of amides is 1. The molecule has 0 aliphatic heterocycles. The molecule has 0 aliphatic carbocycles. The maximum absolute atomic E-state index is 11.7. The minimum absolute atomic E-state index is 0.231. The molecule has 0 unspecified atom stereocenters. The Bertz CT molecular complexity index is 600. The SMILES string of the molecule is O=C(NCC[C@H](O)c1cccc(Cl)c1)c1ccc(Br)o1. The van der Waals surface area contributed by atoms with Crippen LogP contribution in [0.1, 0.15) is 28.6 Å². The van der Waals surface area contributed by atoms with Crippen molar-refractivity contribution in [3.05, 3.63) is 57.4 Å². The van der Waals surface area contributed by atoms with Gasteiger partial charge >= 0.3 is 0 Å². The fourth-order valence-corrected chi connectivity index (χ4v) is 2.23. The summed E-state index contributed by atoms with van der Waals surface area (Å²) in [6.45, 7) is 0.338. The van der Waals surface area contributed by atoms with Crippen molar-refractivity contribution in [3.8, 4) is 0 Å². The first-order valence-corrected chi connectivity index (χ1v) is 7.20. The van der Waals surface area contributed by atoms with Crippen LogP contribution in [0.4, 0.5) is 0 Å². The van der Waals surface area contributed by atoms with Crippen LogP contribution in [0.15, 0.2) is 45.5 Å². The van der Waals surface area contributed by atoms with Crippen LogP contribution in [0.2, 0.25) is 5.02 Å². The van der Waals surface area contributed by atoms with Crippen molar-refractivity contribution in [1.29, 1.82) is 0 Å². The Morgan fingerprint density at radius 3 is 2.85 bits per heavy atom. The van der Waals surface area contributed by atoms with E-state index in [2.05, 4.69) is 21.2 Å². The Labute approximate surface area is 129 Å². The molecule has 1 atom stereocenters. The van der Waals surface area contributed by atoms with Crippen LogP contribution in [0.3, 0.4) is 0 Å². The summed E-state index contributed by atoms with van der Waals surface area (Å²) < 4.78 is 5.63. The number of hydrogen-bond acceptors (Lipinski definition) is 3. The summed E-state index contributed by atoms with van der Waals surface area (Å²) in [5, 5.41) is 13.2. The highest BCUT2D eigenvalue weighted by atomic mass is 79.9. The van der Waals surface area contributed by atoms with Crippen LogP contribution in [0.5, 0.6) is 0 Å². The van der Waals surface area contributed by atoms with Crippen molar-refractivity contribution < 1.29 is 14.3 Å². The summed E-state index contributed by atoms with van der Waals surface area (Å²) >= 11 is 8.99. The van der Waals surface area contributed by atoms with Gasteiger partial charge < -0.3 is 14.8 Å². The average Bonchev–Trinajstić information content (AvgIpc) is 2.85. The maximum atomic E-state index is 11.7. The molecule has 0 saturated carbocycles. The van der Waals surface area contributed by atoms with E-state index in [0.717, 1.165) is 5.56 Å². The van der Waals surface area contributed by atoms with Crippen molar-refractivity contribution in [1.82, 2.24) is 5.32 Å². The number of carbonyl (C=O) groups is 1. The highest BCUT2D eigenvalue weighted by Crippen LogP contribution is 2.20. The van der Waals surface area contributed by atoms with Crippen LogP contribution in [0, 0.1) is 0 Å². The quantitative estimate of drug-likeness (QED) is 0.859. The van der Waals surface area contributed by atoms with E-state index in [-0.39, 0.29) is 11.7 Å². The third kappa shape index (κ3) is 4.10. The Morgan fingerprint density at radius 1 is 1.40 bits per heavy atom. The zero-order valence-corrected chi connectivity index (χ0v) is 12.8. The number of nitrogens with one attached hydrogen (secondary N) is 1. The topological polar surface area (TPSA) is 62.5 Å². The Hall–Kier alpha value is -1.30. The second kappa shape index (κ2) is 6.92. The van der Waals surface area contributed by atoms with E-state index < -0.39 is 6.10 Å². The second-order valence-corrected chi connectivity index (χ2v) is 5.44. The molecule has 0 saturated heterocycles. The summed E-state index contributed by atoms with van der Waals surface area (Å²) in [4.78, 5) is 11.7. The van der Waals surface area contributed by atoms with Crippen molar-refractivity contribution in [2.24, 2.45) is 0 Å². The number of rotatable bonds is 5. The third-order valence-electron chi connectivity index (χ3n) is 2.73. The molecule has 2 rings (SSSR count). The maximum Gasteiger partial charge on any atom is 0.287 e. The molecule has 6 heteroatoms. The smallest absolute Gasteiger partial charge is 0.287 e. The van der Waals surface area contributed by atoms with E-state index in [1.54, 1.807) is 36.4 Å². The third-order valence-corrected chi connectivity index (χ3v) is 3.40. The molecular formula is C14H13BrClNO3. The van der Waals surface area contributed by atoms with Gasteiger partial charge in [0.1, 0.15) is 0 Å². The summed E-state index contributed by atoms with van der Waals surface area (Å²) in [5.74, 6) is -0.0804. The molecule has 0 aliphatic rings. The summed E-state index contributed by atoms with van der Waals surface area (Å²) in [6, 6.07) is 10.2. The Balaban J connectivity index is 1.82. The van der Waals surface area contributed by atoms with E-state index in [9.17, 15) is 9.90 Å². The summed E-state index contributed by atoms with van der Waals surface area (Å²) in [6.07, 6.45) is -0.272. The summed E-state index contributed by atoms with van der Waals surface area (Å²) in [7, 11) is 0. The molecule has 1 amide bonds. The van der Waals surface area contributed by atoms with Gasteiger partial charge in [0.25, 0.3) is 5.91 Å². The number of benzene rings is 1. The number of aliphatic hydroxyl groups excluding tert-OH is 1. The van der Waals surface area contributed by atoms with Gasteiger partial charge in [-0.1, -0.05) is 23.7 Å². The van der Waals surface area contributed by atoms with Crippen LogP contribution in [-0.4, -0.2) is 17.6 Å². The molecule has 1 aromatic heterocycles. The van der Waals surface area contributed by atoms with Gasteiger partial charge in [-0.05, 0) is 52.2 Å². The second-order valence-electron chi connectivity index (χ2n) is 4.22. The zero-order valence-electron chi connectivity index (χ0n) is 10.5. The van der Waals surface area contributed by atoms with Crippen LogP contribution in [-0.2, 0) is 0 Å². The van der Waals surface area contributed by atoms with Crippen LogP contribution >= 0.6 is 27.5 Å². The number of halogens is 2. The van der Waals surface area contributed by atoms with Gasteiger partial charge in [-0.3, -0.25) is 4.79 Å². The van der Waals surface area contributed by atoms with E-state index >= 15 is 0 Å². The fourth-order valence-electron chi connectivity index (χ4n) is 1.73. The molecule has 0 fully saturated rings. The van der Waals surface area contributed by atoms with E-state index in [1.807, 2.05) is 0 Å². The first kappa shape index (κ1) is 15.1. The van der Waals surface area contributed by atoms with Crippen molar-refractivity contribution >= 4 is 33.4 Å². The predicted octanol–water partition coefficient (Wildman–Crippen LogP) is 3.55. The van der Waals surface area contributed by atoms with Crippen LogP contribution in [0.25, 0.3) is 0 Å². The lowest BCUT2D eigenvalue weighted by Crippen LogP contribution is -2.25. The Kier molecular flexibility index (Phi) is 5.23. The van der Waals surface area contributed by atoms with Gasteiger partial charge in [0.2, 0.25) is 0 Å². The number of furan rings is 1. The highest BCUT2D eigenvalue weighted by Gasteiger charge is 2.12. The van der Waals surface area contributed by atoms with Crippen molar-refractivity contribution in [3.63, 3.8) is 0 Å². The molecule has 1 aromatic carbocycles. The number of carbonyl (C=O) groups excluding carboxylic acids is 1. The van der Waals surface area contributed by atoms with Gasteiger partial charge in [0.05, 0.1) is 6.10 Å². The predicted molar refractivity (Wildman–Crippen MR) is 79.8 cm³/mol. The van der Waals surface area contributed by atoms with E-state index in [4.69, 9.17) is 16.0 Å². The van der Waals surface area contributed by atoms with Gasteiger partial charge in [-0.25, -0.2) is 0 Å².